The molecule has 1 rings (SSSR count). The average molecular weight is 549 g/mol. The predicted molar refractivity (Wildman–Crippen MR) is 134 cm³/mol. The minimum Gasteiger partial charge on any atom is -0.479 e. The average Bonchev–Trinajstić information content (AvgIpc) is 2.76. The van der Waals surface area contributed by atoms with E-state index in [1.807, 2.05) is 0 Å². The number of hydrogen-bond donors (Lipinski definition) is 9. The smallest absolute Gasteiger partial charge is 0.345 e. The summed E-state index contributed by atoms with van der Waals surface area (Å²) < 4.78 is 0. The lowest BCUT2D eigenvalue weighted by atomic mass is 10.1. The number of carbonyl (C=O) groups excluding carboxylic acids is 5. The summed E-state index contributed by atoms with van der Waals surface area (Å²) >= 11 is 4.64. The van der Waals surface area contributed by atoms with E-state index >= 15 is 0 Å². The molecule has 0 aromatic heterocycles. The van der Waals surface area contributed by atoms with E-state index in [1.54, 1.807) is 13.8 Å². The van der Waals surface area contributed by atoms with Gasteiger partial charge >= 0.3 is 5.97 Å². The van der Waals surface area contributed by atoms with Crippen molar-refractivity contribution in [3.8, 4) is 0 Å². The number of nitrogens with one attached hydrogen (secondary N) is 5. The highest BCUT2D eigenvalue weighted by Gasteiger charge is 2.45. The highest BCUT2D eigenvalue weighted by Crippen LogP contribution is 2.33. The molecule has 1 fully saturated rings. The minimum atomic E-state index is -2.28. The number of carboxylic acid groups (broad SMARTS) is 1. The van der Waals surface area contributed by atoms with Crippen molar-refractivity contribution >= 4 is 59.9 Å². The third kappa shape index (κ3) is 8.39. The Hall–Kier alpha value is -2.82. The van der Waals surface area contributed by atoms with Crippen LogP contribution in [0.3, 0.4) is 0 Å². The van der Waals surface area contributed by atoms with Gasteiger partial charge in [-0.15, -0.1) is 24.4 Å². The molecule has 0 bridgehead atoms. The molecule has 0 aromatic rings. The van der Waals surface area contributed by atoms with Crippen LogP contribution in [0.25, 0.3) is 0 Å². The van der Waals surface area contributed by atoms with Crippen LogP contribution in [-0.4, -0.2) is 93.2 Å². The van der Waals surface area contributed by atoms with Crippen molar-refractivity contribution in [2.24, 2.45) is 5.73 Å². The highest BCUT2D eigenvalue weighted by atomic mass is 32.2. The van der Waals surface area contributed by atoms with Crippen LogP contribution in [0.2, 0.25) is 0 Å². The lowest BCUT2D eigenvalue weighted by Gasteiger charge is -2.33. The summed E-state index contributed by atoms with van der Waals surface area (Å²) in [6.45, 7) is 7.44. The third-order valence-corrected chi connectivity index (χ3v) is 6.87. The summed E-state index contributed by atoms with van der Waals surface area (Å²) in [5.41, 5.74) is 5.20. The number of carbonyl (C=O) groups is 6. The number of aliphatic hydroxyl groups excluding tert-OH is 1. The lowest BCUT2D eigenvalue weighted by molar-refractivity contribution is -0.142. The maximum atomic E-state index is 13.0. The standard InChI is InChI=1S/C20H32N6O8S2/c1-8(2)22-13-7-36-20(10(4)35,19(33)34)26-18(32)11(5-14(21)28)24-15(29)9(3)23-16(30)12(6-27)25-17(13)31/h8-9,11-13,22,27,35H,4-7H2,1-3H3,(H2,21,28)(H,23,30)(H,24,29)(H,25,31)(H,26,32)(H,33,34)/t9?,11?,12?,13?,20-/m1/s1. The Kier molecular flexibility index (Phi) is 11.7. The molecule has 4 unspecified atom stereocenters. The molecule has 14 nitrogen and oxygen atoms in total. The zero-order chi connectivity index (χ0) is 27.8. The molecule has 202 valence electrons. The van der Waals surface area contributed by atoms with Crippen molar-refractivity contribution < 1.29 is 39.0 Å². The number of nitrogens with two attached hydrogens (primary N) is 1. The van der Waals surface area contributed by atoms with E-state index in [0.29, 0.717) is 11.8 Å². The fraction of sp³-hybridized carbons (Fsp3) is 0.600. The monoisotopic (exact) mass is 548 g/mol. The number of aliphatic hydroxyl groups is 1. The summed E-state index contributed by atoms with van der Waals surface area (Å²) in [5, 5.41) is 31.7. The van der Waals surface area contributed by atoms with Gasteiger partial charge in [0.25, 0.3) is 0 Å². The van der Waals surface area contributed by atoms with Crippen LogP contribution in [0, 0.1) is 0 Å². The molecule has 5 amide bonds. The van der Waals surface area contributed by atoms with Gasteiger partial charge in [0.15, 0.2) is 0 Å². The lowest BCUT2D eigenvalue weighted by Crippen LogP contribution is -2.60. The molecule has 1 aliphatic heterocycles. The van der Waals surface area contributed by atoms with Crippen molar-refractivity contribution in [3.63, 3.8) is 0 Å². The number of amides is 5. The van der Waals surface area contributed by atoms with Crippen molar-refractivity contribution in [2.45, 2.75) is 62.3 Å². The van der Waals surface area contributed by atoms with Crippen LogP contribution in [-0.2, 0) is 28.8 Å². The molecule has 0 saturated carbocycles. The van der Waals surface area contributed by atoms with E-state index in [-0.39, 0.29) is 16.7 Å². The van der Waals surface area contributed by atoms with Crippen LogP contribution in [0.5, 0.6) is 0 Å². The van der Waals surface area contributed by atoms with Gasteiger partial charge in [0, 0.05) is 16.7 Å². The van der Waals surface area contributed by atoms with Gasteiger partial charge in [0.2, 0.25) is 34.4 Å². The molecule has 5 atom stereocenters. The third-order valence-electron chi connectivity index (χ3n) is 4.93. The first-order valence-electron chi connectivity index (χ1n) is 10.8. The Morgan fingerprint density at radius 3 is 2.19 bits per heavy atom. The van der Waals surface area contributed by atoms with Gasteiger partial charge in [-0.05, 0) is 6.92 Å². The van der Waals surface area contributed by atoms with Gasteiger partial charge in [0.1, 0.15) is 18.1 Å². The van der Waals surface area contributed by atoms with E-state index in [4.69, 9.17) is 5.73 Å². The molecule has 16 heteroatoms. The SMILES string of the molecule is C=C(S)[C@@]1(C(=O)O)NC(=O)C(CC(N)=O)NC(=O)C(C)NC(=O)C(CO)NC(=O)C(NC(C)C)CS1. The second-order valence-electron chi connectivity index (χ2n) is 8.31. The summed E-state index contributed by atoms with van der Waals surface area (Å²) in [5.74, 6) is -6.47. The number of rotatable bonds is 7. The van der Waals surface area contributed by atoms with E-state index in [0.717, 1.165) is 0 Å². The van der Waals surface area contributed by atoms with Gasteiger partial charge in [-0.25, -0.2) is 4.79 Å². The molecule has 0 radical (unpaired) electrons. The predicted octanol–water partition coefficient (Wildman–Crippen LogP) is -3.22. The van der Waals surface area contributed by atoms with E-state index in [1.165, 1.54) is 6.92 Å². The molecule has 0 spiro atoms. The zero-order valence-electron chi connectivity index (χ0n) is 20.0. The highest BCUT2D eigenvalue weighted by molar-refractivity contribution is 8.02. The molecule has 9 N–H and O–H groups in total. The molecular weight excluding hydrogens is 516 g/mol. The largest absolute Gasteiger partial charge is 0.479 e. The van der Waals surface area contributed by atoms with Crippen LogP contribution < -0.4 is 32.3 Å². The van der Waals surface area contributed by atoms with E-state index in [9.17, 15) is 39.0 Å². The van der Waals surface area contributed by atoms with E-state index in [2.05, 4.69) is 45.8 Å². The van der Waals surface area contributed by atoms with Crippen LogP contribution >= 0.6 is 24.4 Å². The molecular formula is C20H32N6O8S2. The van der Waals surface area contributed by atoms with E-state index < -0.39 is 77.6 Å². The van der Waals surface area contributed by atoms with Gasteiger partial charge in [0.05, 0.1) is 19.1 Å². The van der Waals surface area contributed by atoms with Crippen LogP contribution in [0.4, 0.5) is 0 Å². The number of primary amides is 1. The Balaban J connectivity index is 3.59. The summed E-state index contributed by atoms with van der Waals surface area (Å²) in [6.07, 6.45) is -0.686. The second kappa shape index (κ2) is 13.5. The summed E-state index contributed by atoms with van der Waals surface area (Å²) in [7, 11) is 0. The summed E-state index contributed by atoms with van der Waals surface area (Å²) in [4.78, 5) is 72.5. The Morgan fingerprint density at radius 1 is 1.14 bits per heavy atom. The quantitative estimate of drug-likeness (QED) is 0.145. The number of thiol groups is 1. The molecule has 0 aromatic carbocycles. The second-order valence-corrected chi connectivity index (χ2v) is 10.1. The Morgan fingerprint density at radius 2 is 1.72 bits per heavy atom. The number of carboxylic acids is 1. The van der Waals surface area contributed by atoms with Crippen molar-refractivity contribution in [1.82, 2.24) is 26.6 Å². The van der Waals surface area contributed by atoms with Gasteiger partial charge in [-0.3, -0.25) is 24.0 Å². The van der Waals surface area contributed by atoms with Crippen molar-refractivity contribution in [1.29, 1.82) is 0 Å². The molecule has 1 saturated heterocycles. The minimum absolute atomic E-state index is 0.264. The number of aliphatic carboxylic acids is 1. The number of hydrogen-bond acceptors (Lipinski definition) is 10. The topological polar surface area (TPSA) is 229 Å². The van der Waals surface area contributed by atoms with Crippen LogP contribution in [0.1, 0.15) is 27.2 Å². The van der Waals surface area contributed by atoms with Gasteiger partial charge in [-0.2, -0.15) is 0 Å². The number of thioether (sulfide) groups is 1. The van der Waals surface area contributed by atoms with Gasteiger partial charge < -0.3 is 42.5 Å². The normalized spacial score (nSPS) is 28.6. The molecule has 1 heterocycles. The maximum Gasteiger partial charge on any atom is 0.345 e. The van der Waals surface area contributed by atoms with Crippen molar-refractivity contribution in [2.75, 3.05) is 12.4 Å². The first-order chi connectivity index (χ1) is 16.6. The fourth-order valence-corrected chi connectivity index (χ4v) is 4.53. The van der Waals surface area contributed by atoms with Crippen molar-refractivity contribution in [3.05, 3.63) is 11.5 Å². The first kappa shape index (κ1) is 31.2. The van der Waals surface area contributed by atoms with Crippen LogP contribution in [0.15, 0.2) is 11.5 Å². The Labute approximate surface area is 217 Å². The first-order valence-corrected chi connectivity index (χ1v) is 12.2. The fourth-order valence-electron chi connectivity index (χ4n) is 3.05. The Bertz CT molecular complexity index is 901. The molecule has 0 aliphatic carbocycles. The molecule has 36 heavy (non-hydrogen) atoms. The summed E-state index contributed by atoms with van der Waals surface area (Å²) in [6, 6.07) is -5.68. The molecule has 1 aliphatic rings. The maximum absolute atomic E-state index is 13.0. The zero-order valence-corrected chi connectivity index (χ0v) is 21.7. The van der Waals surface area contributed by atoms with Gasteiger partial charge in [-0.1, -0.05) is 20.4 Å².